The second-order valence-electron chi connectivity index (χ2n) is 5.05. The number of benzene rings is 1. The van der Waals surface area contributed by atoms with E-state index in [2.05, 4.69) is 0 Å². The van der Waals surface area contributed by atoms with Crippen LogP contribution in [0.15, 0.2) is 29.2 Å². The molecule has 5 heteroatoms. The molecule has 1 aromatic rings. The summed E-state index contributed by atoms with van der Waals surface area (Å²) in [7, 11) is 0. The number of halogens is 1. The van der Waals surface area contributed by atoms with Crippen molar-refractivity contribution < 1.29 is 9.90 Å². The molecule has 1 fully saturated rings. The van der Waals surface area contributed by atoms with Gasteiger partial charge in [-0.25, -0.2) is 0 Å². The molecule has 1 N–H and O–H groups in total. The fraction of sp³-hybridized carbons (Fsp3) is 0.533. The summed E-state index contributed by atoms with van der Waals surface area (Å²) in [6.07, 6.45) is 3.30. The molecule has 0 bridgehead atoms. The molecule has 110 valence electrons. The second kappa shape index (κ2) is 7.34. The number of hydrogen-bond acceptors (Lipinski definition) is 3. The molecular weight excluding hydrogens is 294 g/mol. The molecule has 0 radical (unpaired) electrons. The van der Waals surface area contributed by atoms with Crippen molar-refractivity contribution in [2.45, 2.75) is 42.4 Å². The Hall–Kier alpha value is -0.710. The molecule has 3 nitrogen and oxygen atoms in total. The summed E-state index contributed by atoms with van der Waals surface area (Å²) in [5.41, 5.74) is 0. The number of aliphatic hydroxyl groups excluding tert-OH is 1. The third-order valence-electron chi connectivity index (χ3n) is 3.61. The van der Waals surface area contributed by atoms with E-state index in [-0.39, 0.29) is 17.8 Å². The minimum atomic E-state index is -0.150. The molecule has 20 heavy (non-hydrogen) atoms. The van der Waals surface area contributed by atoms with Gasteiger partial charge in [0.05, 0.1) is 11.9 Å². The molecule has 1 aliphatic carbocycles. The SMILES string of the molecule is CC(Sc1ccc(Cl)cc1)C(=O)N(CCO)C1CCC1. The number of carbonyl (C=O) groups is 1. The van der Waals surface area contributed by atoms with E-state index in [0.29, 0.717) is 17.6 Å². The van der Waals surface area contributed by atoms with Crippen LogP contribution in [-0.2, 0) is 4.79 Å². The Labute approximate surface area is 129 Å². The van der Waals surface area contributed by atoms with Crippen molar-refractivity contribution >= 4 is 29.3 Å². The first-order chi connectivity index (χ1) is 9.61. The zero-order valence-corrected chi connectivity index (χ0v) is 13.2. The minimum Gasteiger partial charge on any atom is -0.395 e. The van der Waals surface area contributed by atoms with Crippen LogP contribution in [0, 0.1) is 0 Å². The summed E-state index contributed by atoms with van der Waals surface area (Å²) < 4.78 is 0. The van der Waals surface area contributed by atoms with Crippen molar-refractivity contribution in [3.05, 3.63) is 29.3 Å². The zero-order valence-electron chi connectivity index (χ0n) is 11.6. The van der Waals surface area contributed by atoms with Gasteiger partial charge in [0.2, 0.25) is 5.91 Å². The van der Waals surface area contributed by atoms with Crippen LogP contribution < -0.4 is 0 Å². The van der Waals surface area contributed by atoms with Gasteiger partial charge in [-0.15, -0.1) is 11.8 Å². The summed E-state index contributed by atoms with van der Waals surface area (Å²) in [6.45, 7) is 2.39. The van der Waals surface area contributed by atoms with Crippen LogP contribution in [0.4, 0.5) is 0 Å². The predicted octanol–water partition coefficient (Wildman–Crippen LogP) is 3.19. The lowest BCUT2D eigenvalue weighted by molar-refractivity contribution is -0.135. The fourth-order valence-electron chi connectivity index (χ4n) is 2.28. The summed E-state index contributed by atoms with van der Waals surface area (Å²) >= 11 is 7.39. The zero-order chi connectivity index (χ0) is 14.5. The molecular formula is C15H20ClNO2S. The quantitative estimate of drug-likeness (QED) is 0.820. The first kappa shape index (κ1) is 15.7. The van der Waals surface area contributed by atoms with E-state index in [1.54, 1.807) is 0 Å². The number of rotatable bonds is 6. The molecule has 0 aliphatic heterocycles. The van der Waals surface area contributed by atoms with Crippen molar-refractivity contribution in [1.82, 2.24) is 4.90 Å². The highest BCUT2D eigenvalue weighted by atomic mass is 35.5. The molecule has 0 spiro atoms. The monoisotopic (exact) mass is 313 g/mol. The van der Waals surface area contributed by atoms with Crippen LogP contribution in [0.25, 0.3) is 0 Å². The van der Waals surface area contributed by atoms with Crippen molar-refractivity contribution in [3.63, 3.8) is 0 Å². The van der Waals surface area contributed by atoms with Gasteiger partial charge in [-0.3, -0.25) is 4.79 Å². The Bertz CT molecular complexity index is 448. The van der Waals surface area contributed by atoms with Gasteiger partial charge in [0.25, 0.3) is 0 Å². The van der Waals surface area contributed by atoms with E-state index in [4.69, 9.17) is 16.7 Å². The highest BCUT2D eigenvalue weighted by molar-refractivity contribution is 8.00. The van der Waals surface area contributed by atoms with Crippen molar-refractivity contribution in [1.29, 1.82) is 0 Å². The lowest BCUT2D eigenvalue weighted by Crippen LogP contribution is -2.48. The smallest absolute Gasteiger partial charge is 0.236 e. The van der Waals surface area contributed by atoms with Gasteiger partial charge in [0.1, 0.15) is 0 Å². The molecule has 1 saturated carbocycles. The maximum atomic E-state index is 12.5. The number of hydrogen-bond donors (Lipinski definition) is 1. The predicted molar refractivity (Wildman–Crippen MR) is 83.2 cm³/mol. The molecule has 2 rings (SSSR count). The highest BCUT2D eigenvalue weighted by Crippen LogP contribution is 2.30. The number of amides is 1. The Morgan fingerprint density at radius 1 is 1.45 bits per heavy atom. The molecule has 1 aliphatic rings. The molecule has 0 saturated heterocycles. The number of carbonyl (C=O) groups excluding carboxylic acids is 1. The minimum absolute atomic E-state index is 0.0283. The first-order valence-corrected chi connectivity index (χ1v) is 8.21. The topological polar surface area (TPSA) is 40.5 Å². The van der Waals surface area contributed by atoms with Crippen LogP contribution in [0.2, 0.25) is 5.02 Å². The molecule has 1 atom stereocenters. The fourth-order valence-corrected chi connectivity index (χ4v) is 3.34. The van der Waals surface area contributed by atoms with Crippen molar-refractivity contribution in [2.75, 3.05) is 13.2 Å². The Morgan fingerprint density at radius 2 is 2.10 bits per heavy atom. The van der Waals surface area contributed by atoms with Crippen LogP contribution >= 0.6 is 23.4 Å². The lowest BCUT2D eigenvalue weighted by Gasteiger charge is -2.38. The standard InChI is InChI=1S/C15H20ClNO2S/c1-11(20-14-7-5-12(16)6-8-14)15(19)17(9-10-18)13-3-2-4-13/h5-8,11,13,18H,2-4,9-10H2,1H3. The van der Waals surface area contributed by atoms with Gasteiger partial charge in [0, 0.05) is 22.5 Å². The maximum Gasteiger partial charge on any atom is 0.236 e. The molecule has 0 aromatic heterocycles. The summed E-state index contributed by atoms with van der Waals surface area (Å²) in [5, 5.41) is 9.69. The summed E-state index contributed by atoms with van der Waals surface area (Å²) in [4.78, 5) is 15.4. The third-order valence-corrected chi connectivity index (χ3v) is 4.97. The van der Waals surface area contributed by atoms with Gasteiger partial charge in [-0.1, -0.05) is 11.6 Å². The van der Waals surface area contributed by atoms with Crippen LogP contribution in [0.3, 0.4) is 0 Å². The van der Waals surface area contributed by atoms with Gasteiger partial charge in [0.15, 0.2) is 0 Å². The number of nitrogens with zero attached hydrogens (tertiary/aromatic N) is 1. The lowest BCUT2D eigenvalue weighted by atomic mass is 9.91. The normalized spacial score (nSPS) is 16.6. The van der Waals surface area contributed by atoms with E-state index < -0.39 is 0 Å². The van der Waals surface area contributed by atoms with Gasteiger partial charge >= 0.3 is 0 Å². The van der Waals surface area contributed by atoms with Crippen molar-refractivity contribution in [2.24, 2.45) is 0 Å². The Balaban J connectivity index is 1.97. The van der Waals surface area contributed by atoms with Gasteiger partial charge in [-0.05, 0) is 50.5 Å². The maximum absolute atomic E-state index is 12.5. The van der Waals surface area contributed by atoms with Crippen LogP contribution in [-0.4, -0.2) is 40.4 Å². The molecule has 1 amide bonds. The molecule has 0 heterocycles. The third kappa shape index (κ3) is 3.90. The van der Waals surface area contributed by atoms with Gasteiger partial charge in [-0.2, -0.15) is 0 Å². The Morgan fingerprint density at radius 3 is 2.60 bits per heavy atom. The average Bonchev–Trinajstić information content (AvgIpc) is 2.38. The molecule has 1 unspecified atom stereocenters. The number of aliphatic hydroxyl groups is 1. The van der Waals surface area contributed by atoms with Crippen molar-refractivity contribution in [3.8, 4) is 0 Å². The molecule has 1 aromatic carbocycles. The summed E-state index contributed by atoms with van der Waals surface area (Å²) in [6, 6.07) is 7.84. The van der Waals surface area contributed by atoms with E-state index in [9.17, 15) is 4.79 Å². The van der Waals surface area contributed by atoms with E-state index >= 15 is 0 Å². The Kier molecular flexibility index (Phi) is 5.75. The van der Waals surface area contributed by atoms with Gasteiger partial charge < -0.3 is 10.0 Å². The van der Waals surface area contributed by atoms with E-state index in [1.807, 2.05) is 36.1 Å². The number of thioether (sulfide) groups is 1. The van der Waals surface area contributed by atoms with Crippen LogP contribution in [0.5, 0.6) is 0 Å². The first-order valence-electron chi connectivity index (χ1n) is 6.95. The summed E-state index contributed by atoms with van der Waals surface area (Å²) in [5.74, 6) is 0.115. The average molecular weight is 314 g/mol. The van der Waals surface area contributed by atoms with E-state index in [0.717, 1.165) is 17.7 Å². The highest BCUT2D eigenvalue weighted by Gasteiger charge is 2.31. The van der Waals surface area contributed by atoms with Crippen LogP contribution in [0.1, 0.15) is 26.2 Å². The second-order valence-corrected chi connectivity index (χ2v) is 6.90. The largest absolute Gasteiger partial charge is 0.395 e. The van der Waals surface area contributed by atoms with E-state index in [1.165, 1.54) is 18.2 Å².